The van der Waals surface area contributed by atoms with Gasteiger partial charge in [-0.1, -0.05) is 18.2 Å². The number of hydrogen-bond donors (Lipinski definition) is 5. The number of anilines is 4. The molecule has 1 heterocycles. The summed E-state index contributed by atoms with van der Waals surface area (Å²) < 4.78 is 0. The minimum absolute atomic E-state index is 0.212. The summed E-state index contributed by atoms with van der Waals surface area (Å²) in [6, 6.07) is 13.9. The number of nitrogens with one attached hydrogen (secondary N) is 2. The summed E-state index contributed by atoms with van der Waals surface area (Å²) >= 11 is 0. The van der Waals surface area contributed by atoms with Gasteiger partial charge in [0.2, 0.25) is 5.95 Å². The monoisotopic (exact) mass is 349 g/mol. The number of nitrogen functional groups attached to an aromatic ring is 2. The zero-order valence-corrected chi connectivity index (χ0v) is 14.7. The van der Waals surface area contributed by atoms with Crippen LogP contribution < -0.4 is 27.8 Å². The summed E-state index contributed by atoms with van der Waals surface area (Å²) in [5, 5.41) is 6.40. The van der Waals surface area contributed by atoms with E-state index in [1.807, 2.05) is 31.3 Å². The minimum atomic E-state index is 0.212. The molecule has 1 aromatic heterocycles. The first kappa shape index (κ1) is 17.7. The van der Waals surface area contributed by atoms with Crippen LogP contribution in [0.2, 0.25) is 0 Å². The normalized spacial score (nSPS) is 10.7. The third kappa shape index (κ3) is 3.90. The van der Waals surface area contributed by atoms with Gasteiger partial charge in [-0.05, 0) is 48.0 Å². The fraction of sp³-hybridized carbons (Fsp3) is 0.158. The number of benzene rings is 2. The fourth-order valence-electron chi connectivity index (χ4n) is 2.84. The lowest BCUT2D eigenvalue weighted by Gasteiger charge is -2.15. The number of rotatable bonds is 6. The van der Waals surface area contributed by atoms with Crippen molar-refractivity contribution in [3.8, 4) is 11.1 Å². The molecule has 8 N–H and O–H groups in total. The zero-order chi connectivity index (χ0) is 18.5. The van der Waals surface area contributed by atoms with Crippen LogP contribution in [-0.2, 0) is 13.1 Å². The molecular weight excluding hydrogens is 326 g/mol. The first-order valence-electron chi connectivity index (χ1n) is 8.32. The van der Waals surface area contributed by atoms with Crippen LogP contribution in [-0.4, -0.2) is 17.0 Å². The van der Waals surface area contributed by atoms with Crippen LogP contribution in [0.25, 0.3) is 11.1 Å². The average molecular weight is 349 g/mol. The van der Waals surface area contributed by atoms with Crippen molar-refractivity contribution in [2.45, 2.75) is 13.1 Å². The highest BCUT2D eigenvalue weighted by Crippen LogP contribution is 2.33. The molecule has 3 rings (SSSR count). The largest absolute Gasteiger partial charge is 0.398 e. The van der Waals surface area contributed by atoms with Crippen LogP contribution in [0.3, 0.4) is 0 Å². The summed E-state index contributed by atoms with van der Waals surface area (Å²) in [7, 11) is 1.92. The van der Waals surface area contributed by atoms with Gasteiger partial charge in [0.05, 0.1) is 0 Å². The van der Waals surface area contributed by atoms with Gasteiger partial charge in [0.1, 0.15) is 5.82 Å². The lowest BCUT2D eigenvalue weighted by Crippen LogP contribution is -2.07. The van der Waals surface area contributed by atoms with Crippen LogP contribution in [0.15, 0.2) is 48.7 Å². The van der Waals surface area contributed by atoms with E-state index in [9.17, 15) is 0 Å². The smallest absolute Gasteiger partial charge is 0.221 e. The average Bonchev–Trinajstić information content (AvgIpc) is 2.63. The topological polar surface area (TPSA) is 128 Å². The van der Waals surface area contributed by atoms with Crippen molar-refractivity contribution in [2.75, 3.05) is 23.8 Å². The number of nitrogens with two attached hydrogens (primary N) is 3. The molecule has 0 saturated heterocycles. The molecule has 0 aliphatic heterocycles. The Hall–Kier alpha value is -3.16. The molecule has 2 aromatic carbocycles. The second-order valence-corrected chi connectivity index (χ2v) is 5.96. The van der Waals surface area contributed by atoms with Gasteiger partial charge in [0.25, 0.3) is 0 Å². The third-order valence-corrected chi connectivity index (χ3v) is 4.05. The fourth-order valence-corrected chi connectivity index (χ4v) is 2.84. The quantitative estimate of drug-likeness (QED) is 0.432. The van der Waals surface area contributed by atoms with Crippen molar-refractivity contribution in [1.82, 2.24) is 15.3 Å². The Kier molecular flexibility index (Phi) is 5.31. The molecule has 7 nitrogen and oxygen atoms in total. The molecule has 0 amide bonds. The maximum absolute atomic E-state index is 6.37. The van der Waals surface area contributed by atoms with Gasteiger partial charge in [0.15, 0.2) is 0 Å². The molecule has 0 bridgehead atoms. The summed E-state index contributed by atoms with van der Waals surface area (Å²) in [5.74, 6) is 0.824. The Morgan fingerprint density at radius 1 is 1.08 bits per heavy atom. The van der Waals surface area contributed by atoms with Crippen molar-refractivity contribution in [3.05, 3.63) is 59.8 Å². The second kappa shape index (κ2) is 7.81. The molecule has 134 valence electrons. The third-order valence-electron chi connectivity index (χ3n) is 4.05. The van der Waals surface area contributed by atoms with E-state index in [2.05, 4.69) is 32.7 Å². The van der Waals surface area contributed by atoms with Crippen molar-refractivity contribution >= 4 is 23.1 Å². The lowest BCUT2D eigenvalue weighted by molar-refractivity contribution is 0.818. The van der Waals surface area contributed by atoms with Gasteiger partial charge in [-0.25, -0.2) is 4.98 Å². The van der Waals surface area contributed by atoms with Crippen molar-refractivity contribution in [3.63, 3.8) is 0 Å². The van der Waals surface area contributed by atoms with E-state index < -0.39 is 0 Å². The number of aromatic nitrogens is 2. The number of nitrogens with zero attached hydrogens (tertiary/aromatic N) is 2. The first-order valence-corrected chi connectivity index (χ1v) is 8.32. The summed E-state index contributed by atoms with van der Waals surface area (Å²) in [6.07, 6.45) is 1.61. The molecule has 26 heavy (non-hydrogen) atoms. The van der Waals surface area contributed by atoms with Gasteiger partial charge in [-0.15, -0.1) is 0 Å². The molecule has 0 saturated carbocycles. The highest BCUT2D eigenvalue weighted by atomic mass is 15.1. The Morgan fingerprint density at radius 3 is 2.65 bits per heavy atom. The number of hydrogen-bond acceptors (Lipinski definition) is 7. The van der Waals surface area contributed by atoms with E-state index in [0.717, 1.165) is 28.9 Å². The van der Waals surface area contributed by atoms with Gasteiger partial charge in [-0.3, -0.25) is 0 Å². The Labute approximate surface area is 152 Å². The molecular formula is C19H23N7. The Bertz CT molecular complexity index is 908. The standard InChI is InChI=1S/C19H23N7/c1-23-11-12-3-2-4-13(7-12)16-9-15(8-14(10-20)18(16)21)25-17-5-6-24-19(22)26-17/h2-9,23H,10-11,20-21H2,1H3,(H3,22,24,25,26). The van der Waals surface area contributed by atoms with Crippen molar-refractivity contribution in [2.24, 2.45) is 5.73 Å². The van der Waals surface area contributed by atoms with Gasteiger partial charge in [-0.2, -0.15) is 4.98 Å². The summed E-state index contributed by atoms with van der Waals surface area (Å²) in [4.78, 5) is 8.07. The van der Waals surface area contributed by atoms with Gasteiger partial charge in [0, 0.05) is 36.2 Å². The highest BCUT2D eigenvalue weighted by Gasteiger charge is 2.11. The Morgan fingerprint density at radius 2 is 1.92 bits per heavy atom. The first-order chi connectivity index (χ1) is 12.6. The molecule has 3 aromatic rings. The van der Waals surface area contributed by atoms with Crippen LogP contribution >= 0.6 is 0 Å². The van der Waals surface area contributed by atoms with Crippen LogP contribution in [0, 0.1) is 0 Å². The minimum Gasteiger partial charge on any atom is -0.398 e. The predicted octanol–water partition coefficient (Wildman–Crippen LogP) is 2.23. The predicted molar refractivity (Wildman–Crippen MR) is 107 cm³/mol. The van der Waals surface area contributed by atoms with E-state index in [1.165, 1.54) is 5.56 Å². The maximum atomic E-state index is 6.37. The highest BCUT2D eigenvalue weighted by molar-refractivity contribution is 5.83. The molecule has 0 atom stereocenters. The van der Waals surface area contributed by atoms with Gasteiger partial charge >= 0.3 is 0 Å². The second-order valence-electron chi connectivity index (χ2n) is 5.96. The van der Waals surface area contributed by atoms with E-state index >= 15 is 0 Å². The molecule has 0 aliphatic carbocycles. The van der Waals surface area contributed by atoms with E-state index in [1.54, 1.807) is 12.3 Å². The molecule has 0 aliphatic rings. The maximum Gasteiger partial charge on any atom is 0.221 e. The van der Waals surface area contributed by atoms with E-state index in [-0.39, 0.29) is 5.95 Å². The molecule has 0 spiro atoms. The molecule has 7 heteroatoms. The molecule has 0 unspecified atom stereocenters. The Balaban J connectivity index is 2.03. The van der Waals surface area contributed by atoms with Crippen molar-refractivity contribution in [1.29, 1.82) is 0 Å². The molecule has 0 fully saturated rings. The summed E-state index contributed by atoms with van der Waals surface area (Å²) in [6.45, 7) is 1.13. The van der Waals surface area contributed by atoms with Gasteiger partial charge < -0.3 is 27.8 Å². The lowest BCUT2D eigenvalue weighted by atomic mass is 9.97. The van der Waals surface area contributed by atoms with Crippen LogP contribution in [0.4, 0.5) is 23.1 Å². The van der Waals surface area contributed by atoms with E-state index in [0.29, 0.717) is 18.1 Å². The van der Waals surface area contributed by atoms with Crippen molar-refractivity contribution < 1.29 is 0 Å². The zero-order valence-electron chi connectivity index (χ0n) is 14.7. The summed E-state index contributed by atoms with van der Waals surface area (Å²) in [5.41, 5.74) is 23.4. The molecule has 0 radical (unpaired) electrons. The van der Waals surface area contributed by atoms with E-state index in [4.69, 9.17) is 17.2 Å². The van der Waals surface area contributed by atoms with Crippen LogP contribution in [0.5, 0.6) is 0 Å². The SMILES string of the molecule is CNCc1cccc(-c2cc(Nc3ccnc(N)n3)cc(CN)c2N)c1. The van der Waals surface area contributed by atoms with Crippen LogP contribution in [0.1, 0.15) is 11.1 Å².